The fourth-order valence-electron chi connectivity index (χ4n) is 1.59. The Bertz CT molecular complexity index is 575. The first-order chi connectivity index (χ1) is 8.69. The molecule has 0 aromatic heterocycles. The Hall–Kier alpha value is -1.25. The van der Waals surface area contributed by atoms with E-state index < -0.39 is 0 Å². The van der Waals surface area contributed by atoms with Crippen molar-refractivity contribution in [1.29, 1.82) is 5.26 Å². The zero-order valence-electron chi connectivity index (χ0n) is 9.40. The van der Waals surface area contributed by atoms with Crippen LogP contribution >= 0.6 is 34.2 Å². The molecule has 2 nitrogen and oxygen atoms in total. The average Bonchev–Trinajstić information content (AvgIpc) is 2.37. The molecule has 18 heavy (non-hydrogen) atoms. The minimum absolute atomic E-state index is 0.375. The summed E-state index contributed by atoms with van der Waals surface area (Å²) in [7, 11) is 0. The lowest BCUT2D eigenvalue weighted by molar-refractivity contribution is 0.997. The van der Waals surface area contributed by atoms with Crippen LogP contribution in [0.25, 0.3) is 0 Å². The molecule has 1 N–H and O–H groups in total. The first-order valence-electron chi connectivity index (χ1n) is 5.36. The summed E-state index contributed by atoms with van der Waals surface area (Å²) < 4.78 is 1.15. The number of anilines is 1. The molecule has 90 valence electrons. The second-order valence-electron chi connectivity index (χ2n) is 3.77. The van der Waals surface area contributed by atoms with Gasteiger partial charge in [0, 0.05) is 14.3 Å². The average molecular weight is 369 g/mol. The number of benzene rings is 2. The van der Waals surface area contributed by atoms with Crippen LogP contribution in [0.5, 0.6) is 0 Å². The van der Waals surface area contributed by atoms with Crippen LogP contribution in [-0.4, -0.2) is 0 Å². The maximum absolute atomic E-state index is 9.23. The summed E-state index contributed by atoms with van der Waals surface area (Å²) in [5.41, 5.74) is 1.78. The van der Waals surface area contributed by atoms with Crippen molar-refractivity contribution in [3.05, 3.63) is 62.7 Å². The van der Waals surface area contributed by atoms with Gasteiger partial charge in [0.1, 0.15) is 6.04 Å². The van der Waals surface area contributed by atoms with Crippen LogP contribution < -0.4 is 5.32 Å². The van der Waals surface area contributed by atoms with Gasteiger partial charge in [0.25, 0.3) is 0 Å². The molecule has 1 unspecified atom stereocenters. The molecule has 0 aliphatic heterocycles. The molecule has 2 aromatic carbocycles. The van der Waals surface area contributed by atoms with Gasteiger partial charge in [0.05, 0.1) is 6.07 Å². The lowest BCUT2D eigenvalue weighted by Crippen LogP contribution is -2.08. The van der Waals surface area contributed by atoms with Crippen molar-refractivity contribution in [2.45, 2.75) is 6.04 Å². The quantitative estimate of drug-likeness (QED) is 0.802. The van der Waals surface area contributed by atoms with Gasteiger partial charge in [-0.3, -0.25) is 0 Å². The number of hydrogen-bond donors (Lipinski definition) is 1. The maximum Gasteiger partial charge on any atom is 0.140 e. The van der Waals surface area contributed by atoms with Gasteiger partial charge in [-0.15, -0.1) is 0 Å². The summed E-state index contributed by atoms with van der Waals surface area (Å²) in [6, 6.07) is 17.1. The molecule has 2 rings (SSSR count). The minimum Gasteiger partial charge on any atom is -0.366 e. The van der Waals surface area contributed by atoms with Crippen molar-refractivity contribution in [2.75, 3.05) is 5.32 Å². The standard InChI is InChI=1S/C14H10ClIN2/c15-11-2-1-3-13(8-11)18-14(9-17)10-4-6-12(16)7-5-10/h1-8,14,18H. The molecule has 0 bridgehead atoms. The summed E-state index contributed by atoms with van der Waals surface area (Å²) in [4.78, 5) is 0. The monoisotopic (exact) mass is 368 g/mol. The van der Waals surface area contributed by atoms with Crippen LogP contribution in [0.3, 0.4) is 0 Å². The van der Waals surface area contributed by atoms with Crippen LogP contribution in [0.1, 0.15) is 11.6 Å². The topological polar surface area (TPSA) is 35.8 Å². The summed E-state index contributed by atoms with van der Waals surface area (Å²) in [6.07, 6.45) is 0. The Morgan fingerprint density at radius 2 is 1.89 bits per heavy atom. The van der Waals surface area contributed by atoms with Gasteiger partial charge in [0.15, 0.2) is 0 Å². The SMILES string of the molecule is N#CC(Nc1cccc(Cl)c1)c1ccc(I)cc1. The first-order valence-corrected chi connectivity index (χ1v) is 6.82. The predicted octanol–water partition coefficient (Wildman–Crippen LogP) is 4.62. The van der Waals surface area contributed by atoms with Gasteiger partial charge in [-0.1, -0.05) is 29.8 Å². The van der Waals surface area contributed by atoms with Crippen LogP contribution in [-0.2, 0) is 0 Å². The number of nitrogens with one attached hydrogen (secondary N) is 1. The van der Waals surface area contributed by atoms with E-state index >= 15 is 0 Å². The number of nitriles is 1. The Morgan fingerprint density at radius 3 is 2.50 bits per heavy atom. The number of halogens is 2. The fraction of sp³-hybridized carbons (Fsp3) is 0.0714. The lowest BCUT2D eigenvalue weighted by Gasteiger charge is -2.13. The highest BCUT2D eigenvalue weighted by atomic mass is 127. The Labute approximate surface area is 125 Å². The molecule has 1 atom stereocenters. The molecule has 0 fully saturated rings. The molecule has 0 radical (unpaired) electrons. The maximum atomic E-state index is 9.23. The first kappa shape index (κ1) is 13.2. The lowest BCUT2D eigenvalue weighted by atomic mass is 10.1. The molecule has 4 heteroatoms. The van der Waals surface area contributed by atoms with Crippen LogP contribution in [0, 0.1) is 14.9 Å². The van der Waals surface area contributed by atoms with Gasteiger partial charge in [-0.05, 0) is 58.5 Å². The van der Waals surface area contributed by atoms with Crippen molar-refractivity contribution in [3.63, 3.8) is 0 Å². The van der Waals surface area contributed by atoms with E-state index in [9.17, 15) is 5.26 Å². The molecule has 0 amide bonds. The molecule has 2 aromatic rings. The van der Waals surface area contributed by atoms with E-state index in [0.29, 0.717) is 5.02 Å². The molecule has 0 spiro atoms. The molecule has 0 aliphatic rings. The second kappa shape index (κ2) is 6.07. The van der Waals surface area contributed by atoms with E-state index in [1.54, 1.807) is 12.1 Å². The highest BCUT2D eigenvalue weighted by Crippen LogP contribution is 2.22. The molecule has 0 aliphatic carbocycles. The highest BCUT2D eigenvalue weighted by molar-refractivity contribution is 14.1. The summed E-state index contributed by atoms with van der Waals surface area (Å²) >= 11 is 8.15. The molecular weight excluding hydrogens is 359 g/mol. The zero-order valence-corrected chi connectivity index (χ0v) is 12.3. The van der Waals surface area contributed by atoms with E-state index in [4.69, 9.17) is 11.6 Å². The third kappa shape index (κ3) is 3.37. The molecule has 0 heterocycles. The van der Waals surface area contributed by atoms with E-state index in [0.717, 1.165) is 14.8 Å². The molecule has 0 saturated heterocycles. The minimum atomic E-state index is -0.375. The van der Waals surface area contributed by atoms with Crippen LogP contribution in [0.15, 0.2) is 48.5 Å². The molecular formula is C14H10ClIN2. The highest BCUT2D eigenvalue weighted by Gasteiger charge is 2.09. The van der Waals surface area contributed by atoms with E-state index in [-0.39, 0.29) is 6.04 Å². The predicted molar refractivity (Wildman–Crippen MR) is 82.6 cm³/mol. The van der Waals surface area contributed by atoms with Crippen molar-refractivity contribution in [2.24, 2.45) is 0 Å². The third-order valence-corrected chi connectivity index (χ3v) is 3.42. The fourth-order valence-corrected chi connectivity index (χ4v) is 2.14. The summed E-state index contributed by atoms with van der Waals surface area (Å²) in [5, 5.41) is 13.0. The van der Waals surface area contributed by atoms with Crippen molar-refractivity contribution >= 4 is 39.9 Å². The van der Waals surface area contributed by atoms with Gasteiger partial charge >= 0.3 is 0 Å². The van der Waals surface area contributed by atoms with Crippen molar-refractivity contribution in [1.82, 2.24) is 0 Å². The number of hydrogen-bond acceptors (Lipinski definition) is 2. The van der Waals surface area contributed by atoms with Gasteiger partial charge < -0.3 is 5.32 Å². The van der Waals surface area contributed by atoms with Crippen LogP contribution in [0.2, 0.25) is 5.02 Å². The Balaban J connectivity index is 2.20. The summed E-state index contributed by atoms with van der Waals surface area (Å²) in [5.74, 6) is 0. The van der Waals surface area contributed by atoms with Crippen molar-refractivity contribution < 1.29 is 0 Å². The largest absolute Gasteiger partial charge is 0.366 e. The van der Waals surface area contributed by atoms with Crippen molar-refractivity contribution in [3.8, 4) is 6.07 Å². The third-order valence-electron chi connectivity index (χ3n) is 2.47. The second-order valence-corrected chi connectivity index (χ2v) is 5.45. The van der Waals surface area contributed by atoms with E-state index in [1.165, 1.54) is 0 Å². The van der Waals surface area contributed by atoms with Gasteiger partial charge in [-0.25, -0.2) is 0 Å². The number of rotatable bonds is 3. The summed E-state index contributed by atoms with van der Waals surface area (Å²) in [6.45, 7) is 0. The normalized spacial score (nSPS) is 11.6. The Morgan fingerprint density at radius 1 is 1.17 bits per heavy atom. The van der Waals surface area contributed by atoms with Crippen LogP contribution in [0.4, 0.5) is 5.69 Å². The smallest absolute Gasteiger partial charge is 0.140 e. The number of nitrogens with zero attached hydrogens (tertiary/aromatic N) is 1. The van der Waals surface area contributed by atoms with E-state index in [2.05, 4.69) is 34.0 Å². The van der Waals surface area contributed by atoms with Gasteiger partial charge in [-0.2, -0.15) is 5.26 Å². The molecule has 0 saturated carbocycles. The zero-order chi connectivity index (χ0) is 13.0. The Kier molecular flexibility index (Phi) is 4.45. The van der Waals surface area contributed by atoms with E-state index in [1.807, 2.05) is 36.4 Å². The van der Waals surface area contributed by atoms with Gasteiger partial charge in [0.2, 0.25) is 0 Å².